The van der Waals surface area contributed by atoms with Gasteiger partial charge in [0.2, 0.25) is 0 Å². The first-order valence-electron chi connectivity index (χ1n) is 6.48. The number of carbonyl (C=O) groups excluding carboxylic acids is 1. The number of carbonyl (C=O) groups is 1. The molecule has 21 heavy (non-hydrogen) atoms. The van der Waals surface area contributed by atoms with E-state index in [1.165, 1.54) is 24.1 Å². The Hall–Kier alpha value is -2.31. The summed E-state index contributed by atoms with van der Waals surface area (Å²) in [6, 6.07) is 4.41. The summed E-state index contributed by atoms with van der Waals surface area (Å²) < 4.78 is 4.95. The van der Waals surface area contributed by atoms with Crippen molar-refractivity contribution in [1.29, 1.82) is 0 Å². The second kappa shape index (κ2) is 6.43. The number of nitrogens with zero attached hydrogens (tertiary/aromatic N) is 2. The zero-order valence-electron chi connectivity index (χ0n) is 13.0. The number of hydrogen-bond donors (Lipinski definition) is 1. The average molecular weight is 295 g/mol. The van der Waals surface area contributed by atoms with Crippen LogP contribution in [0, 0.1) is 10.1 Å². The van der Waals surface area contributed by atoms with Gasteiger partial charge in [-0.3, -0.25) is 10.1 Å². The summed E-state index contributed by atoms with van der Waals surface area (Å²) in [6.07, 6.45) is 0. The predicted octanol–water partition coefficient (Wildman–Crippen LogP) is 2.54. The van der Waals surface area contributed by atoms with Crippen molar-refractivity contribution in [1.82, 2.24) is 10.2 Å². The molecule has 1 aromatic carbocycles. The molecule has 116 valence electrons. The van der Waals surface area contributed by atoms with Gasteiger partial charge in [-0.2, -0.15) is 0 Å². The Balaban J connectivity index is 2.86. The van der Waals surface area contributed by atoms with E-state index in [1.54, 1.807) is 13.1 Å². The highest BCUT2D eigenvalue weighted by molar-refractivity contribution is 5.74. The van der Waals surface area contributed by atoms with Crippen molar-refractivity contribution in [3.8, 4) is 5.75 Å². The van der Waals surface area contributed by atoms with Crippen molar-refractivity contribution in [3.63, 3.8) is 0 Å². The quantitative estimate of drug-likeness (QED) is 0.683. The fourth-order valence-corrected chi connectivity index (χ4v) is 1.74. The molecule has 0 radical (unpaired) electrons. The van der Waals surface area contributed by atoms with Gasteiger partial charge in [0.05, 0.1) is 12.0 Å². The maximum Gasteiger partial charge on any atom is 0.317 e. The van der Waals surface area contributed by atoms with Crippen LogP contribution >= 0.6 is 0 Å². The molecule has 1 rings (SSSR count). The normalized spacial score (nSPS) is 10.9. The highest BCUT2D eigenvalue weighted by Gasteiger charge is 2.19. The molecule has 1 N–H and O–H groups in total. The molecule has 0 heterocycles. The maximum absolute atomic E-state index is 12.0. The van der Waals surface area contributed by atoms with E-state index in [1.807, 2.05) is 20.8 Å². The van der Waals surface area contributed by atoms with Gasteiger partial charge in [0, 0.05) is 25.2 Å². The fraction of sp³-hybridized carbons (Fsp3) is 0.500. The van der Waals surface area contributed by atoms with Crippen LogP contribution < -0.4 is 10.1 Å². The van der Waals surface area contributed by atoms with Crippen molar-refractivity contribution in [2.45, 2.75) is 32.9 Å². The van der Waals surface area contributed by atoms with Gasteiger partial charge >= 0.3 is 11.7 Å². The first-order valence-corrected chi connectivity index (χ1v) is 6.48. The lowest BCUT2D eigenvalue weighted by Crippen LogP contribution is -2.46. The third-order valence-electron chi connectivity index (χ3n) is 2.69. The topological polar surface area (TPSA) is 84.7 Å². The van der Waals surface area contributed by atoms with Crippen LogP contribution in [-0.2, 0) is 6.54 Å². The lowest BCUT2D eigenvalue weighted by molar-refractivity contribution is -0.385. The molecule has 0 unspecified atom stereocenters. The molecule has 0 spiro atoms. The minimum absolute atomic E-state index is 0.111. The SMILES string of the molecule is COc1ccc(CN(C)C(=O)NC(C)(C)C)cc1[N+](=O)[O-]. The van der Waals surface area contributed by atoms with E-state index >= 15 is 0 Å². The smallest absolute Gasteiger partial charge is 0.317 e. The molecule has 0 bridgehead atoms. The number of ether oxygens (including phenoxy) is 1. The van der Waals surface area contributed by atoms with Crippen LogP contribution in [0.3, 0.4) is 0 Å². The van der Waals surface area contributed by atoms with Crippen LogP contribution in [0.5, 0.6) is 5.75 Å². The summed E-state index contributed by atoms with van der Waals surface area (Å²) in [6.45, 7) is 5.93. The maximum atomic E-state index is 12.0. The third kappa shape index (κ3) is 4.94. The molecule has 0 saturated carbocycles. The van der Waals surface area contributed by atoms with Gasteiger partial charge in [0.15, 0.2) is 5.75 Å². The Bertz CT molecular complexity index is 538. The van der Waals surface area contributed by atoms with Crippen LogP contribution in [-0.4, -0.2) is 35.6 Å². The molecule has 7 nitrogen and oxygen atoms in total. The minimum atomic E-state index is -0.502. The molecular formula is C14H21N3O4. The van der Waals surface area contributed by atoms with E-state index < -0.39 is 4.92 Å². The highest BCUT2D eigenvalue weighted by Crippen LogP contribution is 2.27. The number of nitrogens with one attached hydrogen (secondary N) is 1. The Labute approximate surface area is 124 Å². The summed E-state index contributed by atoms with van der Waals surface area (Å²) in [4.78, 5) is 23.9. The van der Waals surface area contributed by atoms with E-state index in [0.29, 0.717) is 5.56 Å². The molecule has 0 aliphatic carbocycles. The van der Waals surface area contributed by atoms with Crippen LogP contribution in [0.2, 0.25) is 0 Å². The van der Waals surface area contributed by atoms with E-state index in [0.717, 1.165) is 0 Å². The van der Waals surface area contributed by atoms with Crippen molar-refractivity contribution in [2.24, 2.45) is 0 Å². The molecule has 0 aliphatic rings. The lowest BCUT2D eigenvalue weighted by Gasteiger charge is -2.25. The first-order chi connectivity index (χ1) is 9.64. The van der Waals surface area contributed by atoms with Crippen LogP contribution in [0.25, 0.3) is 0 Å². The Morgan fingerprint density at radius 1 is 1.43 bits per heavy atom. The summed E-state index contributed by atoms with van der Waals surface area (Å²) in [5, 5.41) is 13.8. The van der Waals surface area contributed by atoms with Gasteiger partial charge in [-0.15, -0.1) is 0 Å². The number of nitro groups is 1. The monoisotopic (exact) mass is 295 g/mol. The van der Waals surface area contributed by atoms with Gasteiger partial charge < -0.3 is 15.0 Å². The number of amides is 2. The van der Waals surface area contributed by atoms with Crippen LogP contribution in [0.4, 0.5) is 10.5 Å². The van der Waals surface area contributed by atoms with E-state index in [9.17, 15) is 14.9 Å². The molecule has 0 fully saturated rings. The number of rotatable bonds is 4. The van der Waals surface area contributed by atoms with E-state index in [2.05, 4.69) is 5.32 Å². The zero-order valence-corrected chi connectivity index (χ0v) is 13.0. The number of urea groups is 1. The number of methoxy groups -OCH3 is 1. The Kier molecular flexibility index (Phi) is 5.12. The standard InChI is InChI=1S/C14H21N3O4/c1-14(2,3)15-13(18)16(4)9-10-6-7-12(21-5)11(8-10)17(19)20/h6-8H,9H2,1-5H3,(H,15,18). The number of nitro benzene ring substituents is 1. The van der Waals surface area contributed by atoms with Gasteiger partial charge in [-0.05, 0) is 32.4 Å². The molecule has 2 amide bonds. The summed E-state index contributed by atoms with van der Waals surface area (Å²) in [5.41, 5.74) is 0.214. The van der Waals surface area contributed by atoms with Crippen LogP contribution in [0.1, 0.15) is 26.3 Å². The largest absolute Gasteiger partial charge is 0.490 e. The van der Waals surface area contributed by atoms with Crippen LogP contribution in [0.15, 0.2) is 18.2 Å². The van der Waals surface area contributed by atoms with E-state index in [-0.39, 0.29) is 29.6 Å². The van der Waals surface area contributed by atoms with Crippen molar-refractivity contribution < 1.29 is 14.5 Å². The second-order valence-electron chi connectivity index (χ2n) is 5.80. The first kappa shape index (κ1) is 16.7. The molecule has 7 heteroatoms. The predicted molar refractivity (Wildman–Crippen MR) is 79.4 cm³/mol. The third-order valence-corrected chi connectivity index (χ3v) is 2.69. The van der Waals surface area contributed by atoms with Gasteiger partial charge in [-0.25, -0.2) is 4.79 Å². The summed E-state index contributed by atoms with van der Waals surface area (Å²) in [5.74, 6) is 0.200. The molecule has 0 aromatic heterocycles. The Morgan fingerprint density at radius 3 is 2.52 bits per heavy atom. The molecule has 0 atom stereocenters. The summed E-state index contributed by atoms with van der Waals surface area (Å²) >= 11 is 0. The lowest BCUT2D eigenvalue weighted by atomic mass is 10.1. The minimum Gasteiger partial charge on any atom is -0.490 e. The molecule has 1 aromatic rings. The highest BCUT2D eigenvalue weighted by atomic mass is 16.6. The zero-order chi connectivity index (χ0) is 16.2. The van der Waals surface area contributed by atoms with Gasteiger partial charge in [0.1, 0.15) is 0 Å². The van der Waals surface area contributed by atoms with E-state index in [4.69, 9.17) is 4.74 Å². The fourth-order valence-electron chi connectivity index (χ4n) is 1.74. The average Bonchev–Trinajstić information content (AvgIpc) is 2.36. The van der Waals surface area contributed by atoms with Crippen molar-refractivity contribution in [2.75, 3.05) is 14.2 Å². The number of benzene rings is 1. The Morgan fingerprint density at radius 2 is 2.05 bits per heavy atom. The van der Waals surface area contributed by atoms with Crippen molar-refractivity contribution in [3.05, 3.63) is 33.9 Å². The number of hydrogen-bond acceptors (Lipinski definition) is 4. The molecule has 0 aliphatic heterocycles. The summed E-state index contributed by atoms with van der Waals surface area (Å²) in [7, 11) is 3.02. The molecule has 0 saturated heterocycles. The van der Waals surface area contributed by atoms with Gasteiger partial charge in [0.25, 0.3) is 0 Å². The second-order valence-corrected chi connectivity index (χ2v) is 5.80. The van der Waals surface area contributed by atoms with Gasteiger partial charge in [-0.1, -0.05) is 6.07 Å². The van der Waals surface area contributed by atoms with Crippen molar-refractivity contribution >= 4 is 11.7 Å². The molecular weight excluding hydrogens is 274 g/mol.